The molecule has 35 heavy (non-hydrogen) atoms. The highest BCUT2D eigenvalue weighted by Crippen LogP contribution is 2.27. The van der Waals surface area contributed by atoms with Crippen LogP contribution < -0.4 is 15.4 Å². The molecular weight excluding hydrogens is 484 g/mol. The van der Waals surface area contributed by atoms with E-state index in [0.717, 1.165) is 36.4 Å². The number of methoxy groups -OCH3 is 1. The normalized spacial score (nSPS) is 15.1. The summed E-state index contributed by atoms with van der Waals surface area (Å²) in [6, 6.07) is 16.5. The molecule has 1 saturated heterocycles. The summed E-state index contributed by atoms with van der Waals surface area (Å²) in [7, 11) is -1.99. The lowest BCUT2D eigenvalue weighted by atomic mass is 10.1. The number of carbonyl (C=O) groups excluding carboxylic acids is 1. The van der Waals surface area contributed by atoms with E-state index in [9.17, 15) is 13.2 Å². The van der Waals surface area contributed by atoms with Crippen LogP contribution in [-0.2, 0) is 23.0 Å². The van der Waals surface area contributed by atoms with E-state index >= 15 is 0 Å². The Kier molecular flexibility index (Phi) is 8.50. The van der Waals surface area contributed by atoms with Crippen LogP contribution in [0.4, 0.5) is 0 Å². The second-order valence-electron chi connectivity index (χ2n) is 8.34. The van der Waals surface area contributed by atoms with Gasteiger partial charge in [0.05, 0.1) is 13.7 Å². The highest BCUT2D eigenvalue weighted by Gasteiger charge is 2.30. The molecule has 0 radical (unpaired) electrons. The number of aromatic nitrogens is 1. The molecule has 1 amide bonds. The van der Waals surface area contributed by atoms with E-state index in [1.165, 1.54) is 11.3 Å². The van der Waals surface area contributed by atoms with E-state index < -0.39 is 10.0 Å². The maximum absolute atomic E-state index is 13.1. The summed E-state index contributed by atoms with van der Waals surface area (Å²) in [4.78, 5) is 17.5. The maximum atomic E-state index is 13.1. The standard InChI is InChI=1S/C25H30N4O4S2/c1-33-22-7-4-5-19(17-22)25(30)28-18-23-8-9-24(34-23)35(31,32)29-15-11-21(12-16-29)27-14-10-20-6-2-3-13-26-20/h2-9,13,17,21,27H,10-12,14-16,18H2,1H3,(H,28,30). The Morgan fingerprint density at radius 3 is 2.71 bits per heavy atom. The number of benzene rings is 1. The molecule has 0 saturated carbocycles. The number of thiophene rings is 1. The van der Waals surface area contributed by atoms with Gasteiger partial charge in [-0.05, 0) is 55.3 Å². The van der Waals surface area contributed by atoms with Gasteiger partial charge in [0.1, 0.15) is 9.96 Å². The van der Waals surface area contributed by atoms with Crippen molar-refractivity contribution in [3.05, 3.63) is 76.9 Å². The molecule has 1 aromatic carbocycles. The third-order valence-electron chi connectivity index (χ3n) is 5.98. The number of hydrogen-bond donors (Lipinski definition) is 2. The molecule has 0 atom stereocenters. The molecular formula is C25H30N4O4S2. The number of sulfonamides is 1. The lowest BCUT2D eigenvalue weighted by molar-refractivity contribution is 0.0951. The Balaban J connectivity index is 1.25. The molecule has 0 bridgehead atoms. The first kappa shape index (κ1) is 25.3. The van der Waals surface area contributed by atoms with Crippen LogP contribution in [0.15, 0.2) is 65.0 Å². The van der Waals surface area contributed by atoms with Gasteiger partial charge in [-0.25, -0.2) is 8.42 Å². The zero-order valence-corrected chi connectivity index (χ0v) is 21.3. The first-order chi connectivity index (χ1) is 17.0. The van der Waals surface area contributed by atoms with Crippen LogP contribution >= 0.6 is 11.3 Å². The van der Waals surface area contributed by atoms with Gasteiger partial charge in [0.2, 0.25) is 0 Å². The largest absolute Gasteiger partial charge is 0.497 e. The molecule has 186 valence electrons. The molecule has 1 fully saturated rings. The Morgan fingerprint density at radius 2 is 1.97 bits per heavy atom. The first-order valence-electron chi connectivity index (χ1n) is 11.6. The van der Waals surface area contributed by atoms with Crippen LogP contribution in [0.3, 0.4) is 0 Å². The Morgan fingerprint density at radius 1 is 1.14 bits per heavy atom. The Labute approximate surface area is 210 Å². The van der Waals surface area contributed by atoms with Crippen LogP contribution in [-0.4, -0.2) is 56.4 Å². The summed E-state index contributed by atoms with van der Waals surface area (Å²) >= 11 is 1.20. The monoisotopic (exact) mass is 514 g/mol. The highest BCUT2D eigenvalue weighted by atomic mass is 32.2. The van der Waals surface area contributed by atoms with Crippen molar-refractivity contribution in [3.63, 3.8) is 0 Å². The van der Waals surface area contributed by atoms with Gasteiger partial charge >= 0.3 is 0 Å². The van der Waals surface area contributed by atoms with Gasteiger partial charge in [0.25, 0.3) is 15.9 Å². The predicted octanol–water partition coefficient (Wildman–Crippen LogP) is 3.07. The van der Waals surface area contributed by atoms with Gasteiger partial charge in [-0.3, -0.25) is 9.78 Å². The van der Waals surface area contributed by atoms with Crippen LogP contribution in [0.2, 0.25) is 0 Å². The molecule has 0 unspecified atom stereocenters. The lowest BCUT2D eigenvalue weighted by Gasteiger charge is -2.31. The van der Waals surface area contributed by atoms with E-state index in [2.05, 4.69) is 15.6 Å². The summed E-state index contributed by atoms with van der Waals surface area (Å²) in [6.45, 7) is 2.06. The summed E-state index contributed by atoms with van der Waals surface area (Å²) < 4.78 is 33.3. The lowest BCUT2D eigenvalue weighted by Crippen LogP contribution is -2.45. The molecule has 0 spiro atoms. The summed E-state index contributed by atoms with van der Waals surface area (Å²) in [5.41, 5.74) is 1.54. The summed E-state index contributed by atoms with van der Waals surface area (Å²) in [6.07, 6.45) is 4.20. The fraction of sp³-hybridized carbons (Fsp3) is 0.360. The quantitative estimate of drug-likeness (QED) is 0.431. The average molecular weight is 515 g/mol. The van der Waals surface area contributed by atoms with Crippen molar-refractivity contribution < 1.29 is 17.9 Å². The number of hydrogen-bond acceptors (Lipinski definition) is 7. The van der Waals surface area contributed by atoms with Crippen molar-refractivity contribution in [2.24, 2.45) is 0 Å². The Hall–Kier alpha value is -2.79. The van der Waals surface area contributed by atoms with Crippen molar-refractivity contribution in [1.82, 2.24) is 19.9 Å². The van der Waals surface area contributed by atoms with Gasteiger partial charge in [-0.2, -0.15) is 4.31 Å². The van der Waals surface area contributed by atoms with E-state index in [4.69, 9.17) is 4.74 Å². The molecule has 1 aliphatic heterocycles. The van der Waals surface area contributed by atoms with Crippen molar-refractivity contribution >= 4 is 27.3 Å². The van der Waals surface area contributed by atoms with Gasteiger partial charge in [-0.15, -0.1) is 11.3 Å². The number of amides is 1. The number of rotatable bonds is 10. The molecule has 4 rings (SSSR count). The SMILES string of the molecule is COc1cccc(C(=O)NCc2ccc(S(=O)(=O)N3CCC(NCCc4ccccn4)CC3)s2)c1. The average Bonchev–Trinajstić information content (AvgIpc) is 3.38. The molecule has 2 aromatic heterocycles. The summed E-state index contributed by atoms with van der Waals surface area (Å²) in [5.74, 6) is 0.369. The van der Waals surface area contributed by atoms with Crippen molar-refractivity contribution in [1.29, 1.82) is 0 Å². The zero-order valence-electron chi connectivity index (χ0n) is 19.6. The third-order valence-corrected chi connectivity index (χ3v) is 9.43. The maximum Gasteiger partial charge on any atom is 0.252 e. The second kappa shape index (κ2) is 11.8. The molecule has 2 N–H and O–H groups in total. The van der Waals surface area contributed by atoms with Crippen molar-refractivity contribution in [2.75, 3.05) is 26.7 Å². The van der Waals surface area contributed by atoms with Crippen molar-refractivity contribution in [3.8, 4) is 5.75 Å². The number of nitrogens with one attached hydrogen (secondary N) is 2. The van der Waals surface area contributed by atoms with Gasteiger partial charge in [-0.1, -0.05) is 12.1 Å². The molecule has 8 nitrogen and oxygen atoms in total. The number of ether oxygens (including phenoxy) is 1. The van der Waals surface area contributed by atoms with E-state index in [1.807, 2.05) is 18.2 Å². The minimum Gasteiger partial charge on any atom is -0.497 e. The molecule has 1 aliphatic rings. The molecule has 10 heteroatoms. The fourth-order valence-corrected chi connectivity index (χ4v) is 6.92. The Bertz CT molecular complexity index is 1220. The van der Waals surface area contributed by atoms with Crippen LogP contribution in [0, 0.1) is 0 Å². The molecule has 3 aromatic rings. The first-order valence-corrected chi connectivity index (χ1v) is 13.9. The minimum atomic E-state index is -3.54. The van der Waals surface area contributed by atoms with Crippen LogP contribution in [0.25, 0.3) is 0 Å². The number of carbonyl (C=O) groups is 1. The van der Waals surface area contributed by atoms with E-state index in [0.29, 0.717) is 34.7 Å². The number of nitrogens with zero attached hydrogens (tertiary/aromatic N) is 2. The van der Waals surface area contributed by atoms with E-state index in [1.54, 1.807) is 54.0 Å². The van der Waals surface area contributed by atoms with Gasteiger partial charge in [0.15, 0.2) is 0 Å². The number of piperidine rings is 1. The smallest absolute Gasteiger partial charge is 0.252 e. The van der Waals surface area contributed by atoms with Crippen LogP contribution in [0.5, 0.6) is 5.75 Å². The zero-order chi connectivity index (χ0) is 24.7. The summed E-state index contributed by atoms with van der Waals surface area (Å²) in [5, 5.41) is 6.37. The van der Waals surface area contributed by atoms with Crippen LogP contribution in [0.1, 0.15) is 33.8 Å². The van der Waals surface area contributed by atoms with Gasteiger partial charge in [0, 0.05) is 54.4 Å². The topological polar surface area (TPSA) is 101 Å². The van der Waals surface area contributed by atoms with Gasteiger partial charge < -0.3 is 15.4 Å². The third kappa shape index (κ3) is 6.66. The fourth-order valence-electron chi connectivity index (χ4n) is 4.00. The molecule has 0 aliphatic carbocycles. The van der Waals surface area contributed by atoms with Crippen molar-refractivity contribution in [2.45, 2.75) is 36.1 Å². The second-order valence-corrected chi connectivity index (χ2v) is 11.7. The highest BCUT2D eigenvalue weighted by molar-refractivity contribution is 7.91. The molecule has 3 heterocycles. The van der Waals surface area contributed by atoms with E-state index in [-0.39, 0.29) is 12.5 Å². The number of pyridine rings is 1. The predicted molar refractivity (Wildman–Crippen MR) is 136 cm³/mol. The minimum absolute atomic E-state index is 0.237.